The van der Waals surface area contributed by atoms with Gasteiger partial charge in [-0.05, 0) is 87.0 Å². The van der Waals surface area contributed by atoms with E-state index in [1.807, 2.05) is 22.7 Å². The lowest BCUT2D eigenvalue weighted by Crippen LogP contribution is -2.10. The van der Waals surface area contributed by atoms with Crippen LogP contribution in [0.5, 0.6) is 0 Å². The van der Waals surface area contributed by atoms with Crippen LogP contribution in [0.15, 0.2) is 164 Å². The van der Waals surface area contributed by atoms with E-state index in [0.29, 0.717) is 0 Å². The molecule has 0 radical (unpaired) electrons. The van der Waals surface area contributed by atoms with Crippen LogP contribution in [0.2, 0.25) is 0 Å². The first-order valence-corrected chi connectivity index (χ1v) is 20.5. The van der Waals surface area contributed by atoms with Crippen LogP contribution in [0.4, 0.5) is 17.1 Å². The standard InChI is InChI=1S/C47H30NS3/c1-51-43-27-26-38-36-14-5-7-19-42(36)50-47(38)45(43)39-25-24-32(28-44(39)51)48(40-17-9-16-37-35-13-4-6-18-41(35)49-46(37)40)31-22-20-30(21-23-31)34-15-8-11-29-10-2-3-12-33(29)34/h2-28H,1H3/q+1. The molecule has 4 heteroatoms. The second kappa shape index (κ2) is 11.2. The highest BCUT2D eigenvalue weighted by molar-refractivity contribution is 7.42. The predicted molar refractivity (Wildman–Crippen MR) is 228 cm³/mol. The van der Waals surface area contributed by atoms with Gasteiger partial charge in [0.15, 0.2) is 9.40 Å². The van der Waals surface area contributed by atoms with Gasteiger partial charge in [0.25, 0.3) is 0 Å². The van der Waals surface area contributed by atoms with Gasteiger partial charge >= 0.3 is 0 Å². The van der Waals surface area contributed by atoms with Crippen LogP contribution in [0.3, 0.4) is 0 Å². The van der Waals surface area contributed by atoms with Crippen LogP contribution in [-0.4, -0.2) is 0 Å². The van der Waals surface area contributed by atoms with Gasteiger partial charge in [0.05, 0.1) is 21.5 Å². The Hall–Kier alpha value is -5.52. The Kier molecular flexibility index (Phi) is 6.44. The summed E-state index contributed by atoms with van der Waals surface area (Å²) in [5.74, 6) is 0. The summed E-state index contributed by atoms with van der Waals surface area (Å²) >= 11 is 3.82. The first-order chi connectivity index (χ1) is 25.2. The second-order valence-electron chi connectivity index (χ2n) is 13.3. The highest BCUT2D eigenvalue weighted by atomic mass is 32.2. The van der Waals surface area contributed by atoms with E-state index in [0.717, 1.165) is 5.69 Å². The van der Waals surface area contributed by atoms with Crippen LogP contribution in [-0.2, 0) is 6.26 Å². The Balaban J connectivity index is 1.14. The monoisotopic (exact) mass is 704 g/mol. The molecule has 11 rings (SSSR count). The molecule has 0 aliphatic heterocycles. The lowest BCUT2D eigenvalue weighted by molar-refractivity contribution is 1.31. The zero-order valence-electron chi connectivity index (χ0n) is 27.8. The lowest BCUT2D eigenvalue weighted by atomic mass is 9.98. The van der Waals surface area contributed by atoms with E-state index in [4.69, 9.17) is 0 Å². The van der Waals surface area contributed by atoms with Gasteiger partial charge in [-0.2, -0.15) is 0 Å². The molecule has 0 aliphatic carbocycles. The molecule has 0 spiro atoms. The summed E-state index contributed by atoms with van der Waals surface area (Å²) in [7, 11) is -0.0390. The molecule has 0 saturated heterocycles. The Bertz CT molecular complexity index is 3150. The van der Waals surface area contributed by atoms with Crippen molar-refractivity contribution in [1.82, 2.24) is 0 Å². The zero-order valence-corrected chi connectivity index (χ0v) is 30.2. The Labute approximate surface area is 305 Å². The maximum absolute atomic E-state index is 2.49. The van der Waals surface area contributed by atoms with Gasteiger partial charge in [0, 0.05) is 52.8 Å². The van der Waals surface area contributed by atoms with Gasteiger partial charge in [0.2, 0.25) is 0 Å². The zero-order chi connectivity index (χ0) is 33.6. The molecular formula is C47H30NS3+. The number of anilines is 3. The minimum absolute atomic E-state index is 0.0390. The number of fused-ring (bicyclic) bond motifs is 11. The molecule has 3 heterocycles. The average Bonchev–Trinajstić information content (AvgIpc) is 3.85. The average molecular weight is 705 g/mol. The van der Waals surface area contributed by atoms with Crippen molar-refractivity contribution in [2.24, 2.45) is 6.26 Å². The smallest absolute Gasteiger partial charge is 0.183 e. The van der Waals surface area contributed by atoms with Gasteiger partial charge in [-0.1, -0.05) is 103 Å². The number of thiophene rings is 3. The number of hydrogen-bond acceptors (Lipinski definition) is 3. The molecule has 0 fully saturated rings. The van der Waals surface area contributed by atoms with Gasteiger partial charge in [0.1, 0.15) is 6.26 Å². The summed E-state index contributed by atoms with van der Waals surface area (Å²) in [6, 6.07) is 60.9. The molecule has 0 bridgehead atoms. The van der Waals surface area contributed by atoms with Crippen molar-refractivity contribution < 1.29 is 0 Å². The predicted octanol–water partition coefficient (Wildman–Crippen LogP) is 15.3. The van der Waals surface area contributed by atoms with E-state index >= 15 is 0 Å². The van der Waals surface area contributed by atoms with Crippen molar-refractivity contribution in [3.63, 3.8) is 0 Å². The summed E-state index contributed by atoms with van der Waals surface area (Å²) in [6.07, 6.45) is 2.41. The maximum atomic E-state index is 2.49. The third-order valence-electron chi connectivity index (χ3n) is 10.5. The molecule has 51 heavy (non-hydrogen) atoms. The molecule has 3 aromatic heterocycles. The molecule has 8 aromatic carbocycles. The van der Waals surface area contributed by atoms with Gasteiger partial charge in [-0.25, -0.2) is 0 Å². The number of aryl methyl sites for hydroxylation is 1. The fraction of sp³-hybridized carbons (Fsp3) is 0.0213. The molecule has 0 aliphatic rings. The molecule has 11 aromatic rings. The van der Waals surface area contributed by atoms with Crippen molar-refractivity contribution in [2.75, 3.05) is 4.90 Å². The van der Waals surface area contributed by atoms with Crippen molar-refractivity contribution in [3.05, 3.63) is 164 Å². The first-order valence-electron chi connectivity index (χ1n) is 17.2. The van der Waals surface area contributed by atoms with Gasteiger partial charge in [-0.3, -0.25) is 0 Å². The fourth-order valence-electron chi connectivity index (χ4n) is 8.11. The maximum Gasteiger partial charge on any atom is 0.183 e. The Morgan fingerprint density at radius 3 is 1.86 bits per heavy atom. The molecule has 1 atom stereocenters. The third kappa shape index (κ3) is 4.37. The van der Waals surface area contributed by atoms with Crippen molar-refractivity contribution in [1.29, 1.82) is 0 Å². The molecule has 0 saturated carbocycles. The minimum atomic E-state index is -0.0390. The van der Waals surface area contributed by atoms with Crippen molar-refractivity contribution in [2.45, 2.75) is 0 Å². The normalized spacial score (nSPS) is 12.4. The SMILES string of the molecule is C[s+]1c2cc(N(c3ccc(-c4cccc5ccccc45)cc3)c3cccc4c3sc3ccccc34)ccc2c2c3sc4ccccc4c3ccc21. The van der Waals surface area contributed by atoms with Crippen LogP contribution in [0, 0.1) is 0 Å². The van der Waals surface area contributed by atoms with Crippen LogP contribution >= 0.6 is 33.1 Å². The largest absolute Gasteiger partial charge is 0.309 e. The molecule has 240 valence electrons. The van der Waals surface area contributed by atoms with E-state index in [1.54, 1.807) is 0 Å². The molecule has 1 unspecified atom stereocenters. The number of hydrogen-bond donors (Lipinski definition) is 0. The van der Waals surface area contributed by atoms with E-state index < -0.39 is 0 Å². The summed E-state index contributed by atoms with van der Waals surface area (Å²) in [5, 5.41) is 10.7. The highest BCUT2D eigenvalue weighted by Crippen LogP contribution is 2.51. The van der Waals surface area contributed by atoms with E-state index in [9.17, 15) is 0 Å². The summed E-state index contributed by atoms with van der Waals surface area (Å²) in [6.45, 7) is 0. The molecule has 1 nitrogen and oxygen atoms in total. The van der Waals surface area contributed by atoms with Crippen LogP contribution in [0.25, 0.3) is 82.4 Å². The lowest BCUT2D eigenvalue weighted by Gasteiger charge is -2.26. The Morgan fingerprint density at radius 2 is 1.06 bits per heavy atom. The fourth-order valence-corrected chi connectivity index (χ4v) is 12.5. The summed E-state index contributed by atoms with van der Waals surface area (Å²) in [5.41, 5.74) is 6.04. The number of benzene rings is 8. The van der Waals surface area contributed by atoms with E-state index in [-0.39, 0.29) is 10.5 Å². The van der Waals surface area contributed by atoms with Crippen molar-refractivity contribution in [3.8, 4) is 11.1 Å². The van der Waals surface area contributed by atoms with Gasteiger partial charge in [-0.15, -0.1) is 22.7 Å². The number of rotatable bonds is 4. The summed E-state index contributed by atoms with van der Waals surface area (Å²) in [4.78, 5) is 2.49. The second-order valence-corrected chi connectivity index (χ2v) is 17.3. The van der Waals surface area contributed by atoms with Crippen molar-refractivity contribution >= 4 is 121 Å². The first kappa shape index (κ1) is 29.2. The number of nitrogens with zero attached hydrogens (tertiary/aromatic N) is 1. The highest BCUT2D eigenvalue weighted by Gasteiger charge is 2.25. The Morgan fingerprint density at radius 1 is 0.451 bits per heavy atom. The quantitative estimate of drug-likeness (QED) is 0.165. The van der Waals surface area contributed by atoms with Crippen LogP contribution in [0.1, 0.15) is 0 Å². The summed E-state index contributed by atoms with van der Waals surface area (Å²) < 4.78 is 8.28. The molecule has 0 N–H and O–H groups in total. The van der Waals surface area contributed by atoms with E-state index in [1.165, 1.54) is 93.8 Å². The molecular weight excluding hydrogens is 675 g/mol. The van der Waals surface area contributed by atoms with E-state index in [2.05, 4.69) is 175 Å². The third-order valence-corrected chi connectivity index (χ3v) is 14.9. The topological polar surface area (TPSA) is 3.24 Å². The molecule has 0 amide bonds. The van der Waals surface area contributed by atoms with Gasteiger partial charge < -0.3 is 4.90 Å². The minimum Gasteiger partial charge on any atom is -0.309 e. The van der Waals surface area contributed by atoms with Crippen LogP contribution < -0.4 is 4.90 Å².